The molecule has 0 saturated heterocycles. The van der Waals surface area contributed by atoms with E-state index in [1.807, 2.05) is 6.92 Å². The number of hydrogen-bond acceptors (Lipinski definition) is 2. The molecule has 2 rings (SSSR count). The van der Waals surface area contributed by atoms with E-state index in [9.17, 15) is 0 Å². The van der Waals surface area contributed by atoms with Crippen LogP contribution in [0.4, 0.5) is 0 Å². The van der Waals surface area contributed by atoms with Gasteiger partial charge in [0.15, 0.2) is 0 Å². The molecule has 0 unspecified atom stereocenters. The summed E-state index contributed by atoms with van der Waals surface area (Å²) in [5, 5.41) is 0. The highest BCUT2D eigenvalue weighted by atomic mass is 15.1. The van der Waals surface area contributed by atoms with Crippen molar-refractivity contribution in [3.8, 4) is 0 Å². The zero-order valence-corrected chi connectivity index (χ0v) is 8.16. The van der Waals surface area contributed by atoms with Gasteiger partial charge in [-0.15, -0.1) is 0 Å². The van der Waals surface area contributed by atoms with Gasteiger partial charge < -0.3 is 10.3 Å². The molecule has 0 fully saturated rings. The number of aryl methyl sites for hydroxylation is 2. The molecule has 3 heteroatoms. The second-order valence-electron chi connectivity index (χ2n) is 3.98. The maximum atomic E-state index is 5.73. The van der Waals surface area contributed by atoms with Crippen molar-refractivity contribution in [2.24, 2.45) is 5.73 Å². The van der Waals surface area contributed by atoms with Gasteiger partial charge in [0.1, 0.15) is 5.82 Å². The van der Waals surface area contributed by atoms with Crippen molar-refractivity contribution in [3.63, 3.8) is 0 Å². The van der Waals surface area contributed by atoms with Gasteiger partial charge in [-0.1, -0.05) is 0 Å². The van der Waals surface area contributed by atoms with Crippen molar-refractivity contribution in [1.82, 2.24) is 9.55 Å². The predicted octanol–water partition coefficient (Wildman–Crippen LogP) is 1.11. The monoisotopic (exact) mass is 179 g/mol. The van der Waals surface area contributed by atoms with Crippen LogP contribution in [0.1, 0.15) is 31.3 Å². The van der Waals surface area contributed by atoms with E-state index in [1.54, 1.807) is 0 Å². The second kappa shape index (κ2) is 3.50. The van der Waals surface area contributed by atoms with Gasteiger partial charge in [-0.3, -0.25) is 0 Å². The van der Waals surface area contributed by atoms with Gasteiger partial charge in [-0.25, -0.2) is 4.98 Å². The van der Waals surface area contributed by atoms with Crippen LogP contribution in [-0.4, -0.2) is 15.6 Å². The van der Waals surface area contributed by atoms with Crippen LogP contribution in [-0.2, 0) is 19.4 Å². The first-order valence-corrected chi connectivity index (χ1v) is 5.06. The zero-order chi connectivity index (χ0) is 9.26. The predicted molar refractivity (Wildman–Crippen MR) is 52.5 cm³/mol. The molecule has 0 spiro atoms. The SMILES string of the molecule is C[C@@H](N)Cc1cn2c(n1)CCCC2. The minimum Gasteiger partial charge on any atom is -0.335 e. The molecule has 0 radical (unpaired) electrons. The van der Waals surface area contributed by atoms with E-state index in [0.717, 1.165) is 25.1 Å². The van der Waals surface area contributed by atoms with Crippen LogP contribution in [0.5, 0.6) is 0 Å². The summed E-state index contributed by atoms with van der Waals surface area (Å²) in [5.41, 5.74) is 6.89. The quantitative estimate of drug-likeness (QED) is 0.739. The first-order chi connectivity index (χ1) is 6.25. The first-order valence-electron chi connectivity index (χ1n) is 5.06. The zero-order valence-electron chi connectivity index (χ0n) is 8.16. The van der Waals surface area contributed by atoms with E-state index in [1.165, 1.54) is 18.7 Å². The molecule has 0 aliphatic carbocycles. The van der Waals surface area contributed by atoms with Gasteiger partial charge in [0.05, 0.1) is 5.69 Å². The maximum absolute atomic E-state index is 5.73. The normalized spacial score (nSPS) is 18.3. The van der Waals surface area contributed by atoms with Crippen molar-refractivity contribution >= 4 is 0 Å². The summed E-state index contributed by atoms with van der Waals surface area (Å²) in [7, 11) is 0. The molecule has 0 aromatic carbocycles. The lowest BCUT2D eigenvalue weighted by Gasteiger charge is -2.11. The molecule has 1 atom stereocenters. The van der Waals surface area contributed by atoms with E-state index in [-0.39, 0.29) is 6.04 Å². The molecule has 0 amide bonds. The minimum absolute atomic E-state index is 0.219. The lowest BCUT2D eigenvalue weighted by atomic mass is 10.2. The summed E-state index contributed by atoms with van der Waals surface area (Å²) in [6.07, 6.45) is 6.78. The average Bonchev–Trinajstić information content (AvgIpc) is 2.44. The van der Waals surface area contributed by atoms with E-state index in [2.05, 4.69) is 15.7 Å². The maximum Gasteiger partial charge on any atom is 0.108 e. The fourth-order valence-electron chi connectivity index (χ4n) is 1.90. The summed E-state index contributed by atoms with van der Waals surface area (Å²) in [5.74, 6) is 1.25. The summed E-state index contributed by atoms with van der Waals surface area (Å²) in [6.45, 7) is 3.17. The van der Waals surface area contributed by atoms with Crippen LogP contribution in [0.15, 0.2) is 6.20 Å². The Labute approximate surface area is 79.0 Å². The van der Waals surface area contributed by atoms with Crippen LogP contribution >= 0.6 is 0 Å². The summed E-state index contributed by atoms with van der Waals surface area (Å²) in [4.78, 5) is 4.57. The Kier molecular flexibility index (Phi) is 2.36. The first kappa shape index (κ1) is 8.75. The number of rotatable bonds is 2. The summed E-state index contributed by atoms with van der Waals surface area (Å²) < 4.78 is 2.28. The van der Waals surface area contributed by atoms with E-state index in [4.69, 9.17) is 5.73 Å². The number of hydrogen-bond donors (Lipinski definition) is 1. The van der Waals surface area contributed by atoms with E-state index in [0.29, 0.717) is 0 Å². The third kappa shape index (κ3) is 1.91. The van der Waals surface area contributed by atoms with Crippen molar-refractivity contribution in [2.75, 3.05) is 0 Å². The Balaban J connectivity index is 2.15. The average molecular weight is 179 g/mol. The Bertz CT molecular complexity index is 265. The van der Waals surface area contributed by atoms with Gasteiger partial charge in [-0.2, -0.15) is 0 Å². The number of nitrogens with zero attached hydrogens (tertiary/aromatic N) is 2. The highest BCUT2D eigenvalue weighted by molar-refractivity contribution is 5.07. The molecule has 0 bridgehead atoms. The van der Waals surface area contributed by atoms with Crippen LogP contribution in [0, 0.1) is 0 Å². The lowest BCUT2D eigenvalue weighted by Crippen LogP contribution is -2.17. The van der Waals surface area contributed by atoms with Crippen LogP contribution in [0.2, 0.25) is 0 Å². The fourth-order valence-corrected chi connectivity index (χ4v) is 1.90. The smallest absolute Gasteiger partial charge is 0.108 e. The molecule has 1 aliphatic rings. The second-order valence-corrected chi connectivity index (χ2v) is 3.98. The Morgan fingerprint density at radius 1 is 1.62 bits per heavy atom. The Hall–Kier alpha value is -0.830. The molecule has 1 aliphatic heterocycles. The van der Waals surface area contributed by atoms with Crippen LogP contribution in [0.25, 0.3) is 0 Å². The largest absolute Gasteiger partial charge is 0.335 e. The molecule has 1 aromatic rings. The van der Waals surface area contributed by atoms with Crippen LogP contribution < -0.4 is 5.73 Å². The summed E-state index contributed by atoms with van der Waals surface area (Å²) in [6, 6.07) is 0.219. The summed E-state index contributed by atoms with van der Waals surface area (Å²) >= 11 is 0. The Morgan fingerprint density at radius 3 is 3.15 bits per heavy atom. The molecule has 3 nitrogen and oxygen atoms in total. The van der Waals surface area contributed by atoms with Gasteiger partial charge in [0.25, 0.3) is 0 Å². The molecular weight excluding hydrogens is 162 g/mol. The number of nitrogens with two attached hydrogens (primary N) is 1. The van der Waals surface area contributed by atoms with Gasteiger partial charge >= 0.3 is 0 Å². The molecule has 0 saturated carbocycles. The lowest BCUT2D eigenvalue weighted by molar-refractivity contribution is 0.522. The fraction of sp³-hybridized carbons (Fsp3) is 0.700. The van der Waals surface area contributed by atoms with E-state index >= 15 is 0 Å². The highest BCUT2D eigenvalue weighted by Gasteiger charge is 2.12. The van der Waals surface area contributed by atoms with Crippen molar-refractivity contribution in [1.29, 1.82) is 0 Å². The molecule has 2 heterocycles. The third-order valence-corrected chi connectivity index (χ3v) is 2.49. The Morgan fingerprint density at radius 2 is 2.46 bits per heavy atom. The highest BCUT2D eigenvalue weighted by Crippen LogP contribution is 2.14. The number of fused-ring (bicyclic) bond motifs is 1. The number of aromatic nitrogens is 2. The molecule has 13 heavy (non-hydrogen) atoms. The molecule has 1 aromatic heterocycles. The standard InChI is InChI=1S/C10H17N3/c1-8(11)6-9-7-13-5-3-2-4-10(13)12-9/h7-8H,2-6,11H2,1H3/t8-/m1/s1. The molecular formula is C10H17N3. The minimum atomic E-state index is 0.219. The topological polar surface area (TPSA) is 43.8 Å². The molecule has 72 valence electrons. The van der Waals surface area contributed by atoms with Gasteiger partial charge in [0, 0.05) is 31.6 Å². The van der Waals surface area contributed by atoms with E-state index < -0.39 is 0 Å². The number of imidazole rings is 1. The van der Waals surface area contributed by atoms with Crippen molar-refractivity contribution in [2.45, 2.75) is 45.2 Å². The van der Waals surface area contributed by atoms with Crippen molar-refractivity contribution in [3.05, 3.63) is 17.7 Å². The molecule has 2 N–H and O–H groups in total. The third-order valence-electron chi connectivity index (χ3n) is 2.49. The van der Waals surface area contributed by atoms with Gasteiger partial charge in [-0.05, 0) is 19.8 Å². The van der Waals surface area contributed by atoms with Crippen molar-refractivity contribution < 1.29 is 0 Å². The van der Waals surface area contributed by atoms with Crippen LogP contribution in [0.3, 0.4) is 0 Å². The van der Waals surface area contributed by atoms with Gasteiger partial charge in [0.2, 0.25) is 0 Å².